The summed E-state index contributed by atoms with van der Waals surface area (Å²) in [5.74, 6) is 0.447. The van der Waals surface area contributed by atoms with Gasteiger partial charge in [-0.25, -0.2) is 9.97 Å². The van der Waals surface area contributed by atoms with Crippen molar-refractivity contribution in [2.24, 2.45) is 0 Å². The molecule has 0 aliphatic carbocycles. The molecule has 0 unspecified atom stereocenters. The van der Waals surface area contributed by atoms with Gasteiger partial charge in [0, 0.05) is 48.6 Å². The molecule has 134 valence electrons. The van der Waals surface area contributed by atoms with E-state index in [4.69, 9.17) is 0 Å². The number of rotatable bonds is 4. The Labute approximate surface area is 156 Å². The van der Waals surface area contributed by atoms with Crippen LogP contribution in [-0.4, -0.2) is 37.8 Å². The summed E-state index contributed by atoms with van der Waals surface area (Å²) >= 11 is 0. The molecule has 1 aromatic carbocycles. The second-order valence-corrected chi connectivity index (χ2v) is 6.44. The molecule has 0 spiro atoms. The van der Waals surface area contributed by atoms with Crippen LogP contribution in [0.3, 0.4) is 0 Å². The third-order valence-corrected chi connectivity index (χ3v) is 4.74. The molecule has 4 aromatic rings. The zero-order valence-electron chi connectivity index (χ0n) is 15.1. The first-order chi connectivity index (χ1) is 13.1. The number of hydrogen-bond acceptors (Lipinski definition) is 4. The number of aromatic nitrogens is 4. The van der Waals surface area contributed by atoms with Crippen molar-refractivity contribution in [3.05, 3.63) is 78.5 Å². The molecule has 1 N–H and O–H groups in total. The average Bonchev–Trinajstić information content (AvgIpc) is 3.17. The fourth-order valence-corrected chi connectivity index (χ4v) is 3.00. The van der Waals surface area contributed by atoms with Crippen LogP contribution in [0.15, 0.2) is 67.3 Å². The van der Waals surface area contributed by atoms with Gasteiger partial charge in [0.1, 0.15) is 0 Å². The number of H-pyrrole nitrogens is 1. The van der Waals surface area contributed by atoms with Crippen molar-refractivity contribution in [3.63, 3.8) is 0 Å². The molecular weight excluding hydrogens is 338 g/mol. The van der Waals surface area contributed by atoms with Crippen molar-refractivity contribution in [3.8, 4) is 11.4 Å². The van der Waals surface area contributed by atoms with Crippen LogP contribution in [0.5, 0.6) is 0 Å². The zero-order chi connectivity index (χ0) is 18.8. The third kappa shape index (κ3) is 3.29. The van der Waals surface area contributed by atoms with E-state index in [0.29, 0.717) is 11.4 Å². The van der Waals surface area contributed by atoms with Crippen LogP contribution in [-0.2, 0) is 0 Å². The minimum absolute atomic E-state index is 0.107. The highest BCUT2D eigenvalue weighted by Crippen LogP contribution is 2.24. The average molecular weight is 357 g/mol. The number of amides is 1. The molecular formula is C21H19N5O. The Hall–Kier alpha value is -3.54. The zero-order valence-corrected chi connectivity index (χ0v) is 15.1. The molecule has 0 radical (unpaired) electrons. The molecule has 0 aliphatic rings. The van der Waals surface area contributed by atoms with Gasteiger partial charge in [0.15, 0.2) is 5.82 Å². The number of nitrogens with one attached hydrogen (secondary N) is 1. The van der Waals surface area contributed by atoms with E-state index in [1.165, 1.54) is 0 Å². The van der Waals surface area contributed by atoms with E-state index in [1.807, 2.05) is 37.3 Å². The molecule has 0 saturated heterocycles. The van der Waals surface area contributed by atoms with Gasteiger partial charge in [0.05, 0.1) is 11.6 Å². The molecule has 3 heterocycles. The first kappa shape index (κ1) is 16.9. The summed E-state index contributed by atoms with van der Waals surface area (Å²) in [6.45, 7) is 1.99. The highest BCUT2D eigenvalue weighted by molar-refractivity contribution is 5.94. The fraction of sp³-hybridized carbons (Fsp3) is 0.143. The van der Waals surface area contributed by atoms with Crippen molar-refractivity contribution < 1.29 is 4.79 Å². The lowest BCUT2D eigenvalue weighted by Gasteiger charge is -2.24. The molecule has 1 amide bonds. The molecule has 27 heavy (non-hydrogen) atoms. The molecule has 0 aliphatic heterocycles. The van der Waals surface area contributed by atoms with Crippen molar-refractivity contribution >= 4 is 16.8 Å². The van der Waals surface area contributed by atoms with Gasteiger partial charge in [0.25, 0.3) is 5.91 Å². The van der Waals surface area contributed by atoms with E-state index < -0.39 is 0 Å². The maximum atomic E-state index is 12.8. The molecule has 1 atom stereocenters. The normalized spacial score (nSPS) is 12.1. The number of carbonyl (C=O) groups is 1. The Morgan fingerprint density at radius 2 is 1.78 bits per heavy atom. The molecule has 4 rings (SSSR count). The minimum Gasteiger partial charge on any atom is -0.357 e. The summed E-state index contributed by atoms with van der Waals surface area (Å²) in [7, 11) is 1.79. The summed E-state index contributed by atoms with van der Waals surface area (Å²) in [6.07, 6.45) is 6.51. The van der Waals surface area contributed by atoms with Gasteiger partial charge in [-0.15, -0.1) is 0 Å². The Morgan fingerprint density at radius 1 is 1.07 bits per heavy atom. The predicted molar refractivity (Wildman–Crippen MR) is 104 cm³/mol. The van der Waals surface area contributed by atoms with E-state index in [0.717, 1.165) is 22.2 Å². The first-order valence-electron chi connectivity index (χ1n) is 8.71. The number of nitrogens with zero attached hydrogens (tertiary/aromatic N) is 4. The largest absolute Gasteiger partial charge is 0.357 e. The summed E-state index contributed by atoms with van der Waals surface area (Å²) in [4.78, 5) is 30.6. The predicted octanol–water partition coefficient (Wildman–Crippen LogP) is 3.85. The minimum atomic E-state index is -0.123. The smallest absolute Gasteiger partial charge is 0.257 e. The van der Waals surface area contributed by atoms with Crippen molar-refractivity contribution in [1.82, 2.24) is 24.8 Å². The van der Waals surface area contributed by atoms with E-state index in [-0.39, 0.29) is 11.9 Å². The lowest BCUT2D eigenvalue weighted by molar-refractivity contribution is 0.0739. The Kier molecular flexibility index (Phi) is 4.38. The summed E-state index contributed by atoms with van der Waals surface area (Å²) < 4.78 is 0. The molecule has 3 aromatic heterocycles. The van der Waals surface area contributed by atoms with E-state index >= 15 is 0 Å². The number of benzene rings is 1. The van der Waals surface area contributed by atoms with Crippen LogP contribution < -0.4 is 0 Å². The van der Waals surface area contributed by atoms with Gasteiger partial charge in [0.2, 0.25) is 0 Å². The van der Waals surface area contributed by atoms with Crippen molar-refractivity contribution in [1.29, 1.82) is 0 Å². The van der Waals surface area contributed by atoms with Gasteiger partial charge in [-0.05, 0) is 36.6 Å². The summed E-state index contributed by atoms with van der Waals surface area (Å²) in [5, 5.41) is 1.13. The lowest BCUT2D eigenvalue weighted by atomic mass is 10.1. The number of hydrogen-bond donors (Lipinski definition) is 1. The summed E-state index contributed by atoms with van der Waals surface area (Å²) in [6, 6.07) is 13.7. The van der Waals surface area contributed by atoms with Gasteiger partial charge < -0.3 is 9.88 Å². The maximum absolute atomic E-state index is 12.8. The van der Waals surface area contributed by atoms with Crippen LogP contribution in [0.1, 0.15) is 29.0 Å². The van der Waals surface area contributed by atoms with Crippen LogP contribution >= 0.6 is 0 Å². The van der Waals surface area contributed by atoms with Gasteiger partial charge in [-0.2, -0.15) is 0 Å². The Morgan fingerprint density at radius 3 is 2.48 bits per heavy atom. The Bertz CT molecular complexity index is 1040. The second kappa shape index (κ2) is 6.99. The number of carbonyl (C=O) groups excluding carboxylic acids is 1. The van der Waals surface area contributed by atoms with E-state index in [9.17, 15) is 4.79 Å². The highest BCUT2D eigenvalue weighted by Gasteiger charge is 2.21. The van der Waals surface area contributed by atoms with Gasteiger partial charge in [-0.1, -0.05) is 18.2 Å². The summed E-state index contributed by atoms with van der Waals surface area (Å²) in [5.41, 5.74) is 3.37. The monoisotopic (exact) mass is 357 g/mol. The fourth-order valence-electron chi connectivity index (χ4n) is 3.00. The number of fused-ring (bicyclic) bond motifs is 1. The quantitative estimate of drug-likeness (QED) is 0.602. The van der Waals surface area contributed by atoms with Crippen molar-refractivity contribution in [2.45, 2.75) is 13.0 Å². The number of aromatic amines is 1. The molecule has 6 nitrogen and oxygen atoms in total. The second-order valence-electron chi connectivity index (χ2n) is 6.44. The van der Waals surface area contributed by atoms with E-state index in [2.05, 4.69) is 32.1 Å². The first-order valence-corrected chi connectivity index (χ1v) is 8.71. The van der Waals surface area contributed by atoms with Crippen LogP contribution in [0, 0.1) is 0 Å². The van der Waals surface area contributed by atoms with Crippen molar-refractivity contribution in [2.75, 3.05) is 7.05 Å². The van der Waals surface area contributed by atoms with Gasteiger partial charge in [-0.3, -0.25) is 9.78 Å². The molecule has 0 bridgehead atoms. The van der Waals surface area contributed by atoms with Crippen LogP contribution in [0.4, 0.5) is 0 Å². The molecule has 0 saturated carbocycles. The number of para-hydroxylation sites is 1. The SMILES string of the molecule is C[C@@H](c1cc2ccccc2[nH]1)N(C)C(=O)c1cnc(-c2ccncc2)nc1. The molecule has 6 heteroatoms. The van der Waals surface area contributed by atoms with E-state index in [1.54, 1.807) is 36.7 Å². The van der Waals surface area contributed by atoms with Gasteiger partial charge >= 0.3 is 0 Å². The van der Waals surface area contributed by atoms with Crippen LogP contribution in [0.25, 0.3) is 22.3 Å². The standard InChI is InChI=1S/C21H19N5O/c1-14(19-11-16-5-3-4-6-18(16)25-19)26(2)21(27)17-12-23-20(24-13-17)15-7-9-22-10-8-15/h3-14,25H,1-2H3/t14-/m0/s1. The lowest BCUT2D eigenvalue weighted by Crippen LogP contribution is -2.30. The molecule has 0 fully saturated rings. The Balaban J connectivity index is 1.54. The number of pyridine rings is 1. The highest BCUT2D eigenvalue weighted by atomic mass is 16.2. The maximum Gasteiger partial charge on any atom is 0.257 e. The van der Waals surface area contributed by atoms with Crippen LogP contribution in [0.2, 0.25) is 0 Å². The topological polar surface area (TPSA) is 74.8 Å². The third-order valence-electron chi connectivity index (χ3n) is 4.74.